The maximum atomic E-state index is 12.0. The van der Waals surface area contributed by atoms with E-state index in [0.29, 0.717) is 11.7 Å². The van der Waals surface area contributed by atoms with E-state index in [4.69, 9.17) is 5.73 Å². The molecule has 1 fully saturated rings. The van der Waals surface area contributed by atoms with E-state index < -0.39 is 11.8 Å². The Balaban J connectivity index is 2.01. The first-order chi connectivity index (χ1) is 9.45. The fourth-order valence-corrected chi connectivity index (χ4v) is 3.73. The Hall–Kier alpha value is -1.95. The number of carbonyl (C=O) groups is 2. The maximum Gasteiger partial charge on any atom is 0.229 e. The topological polar surface area (TPSA) is 76.3 Å². The summed E-state index contributed by atoms with van der Waals surface area (Å²) >= 11 is 1.48. The largest absolute Gasteiger partial charge is 0.369 e. The zero-order valence-electron chi connectivity index (χ0n) is 11.3. The highest BCUT2D eigenvalue weighted by molar-refractivity contribution is 7.22. The van der Waals surface area contributed by atoms with E-state index in [0.717, 1.165) is 15.8 Å². The molecule has 1 saturated heterocycles. The molecule has 1 atom stereocenters. The van der Waals surface area contributed by atoms with Crippen LogP contribution in [0.25, 0.3) is 10.2 Å². The van der Waals surface area contributed by atoms with Crippen LogP contribution in [0.1, 0.15) is 17.5 Å². The molecule has 2 amide bonds. The third-order valence-corrected chi connectivity index (χ3v) is 4.60. The molecule has 5 nitrogen and oxygen atoms in total. The molecular weight excluding hydrogens is 274 g/mol. The van der Waals surface area contributed by atoms with Gasteiger partial charge in [-0.1, -0.05) is 17.4 Å². The van der Waals surface area contributed by atoms with Gasteiger partial charge in [-0.2, -0.15) is 0 Å². The van der Waals surface area contributed by atoms with E-state index in [1.54, 1.807) is 4.90 Å². The summed E-state index contributed by atoms with van der Waals surface area (Å²) in [5, 5.41) is 0.655. The zero-order chi connectivity index (χ0) is 14.4. The maximum absolute atomic E-state index is 12.0. The fraction of sp³-hybridized carbons (Fsp3) is 0.357. The summed E-state index contributed by atoms with van der Waals surface area (Å²) in [7, 11) is 0. The van der Waals surface area contributed by atoms with Gasteiger partial charge in [-0.3, -0.25) is 14.5 Å². The number of amides is 2. The molecule has 0 spiro atoms. The highest BCUT2D eigenvalue weighted by Crippen LogP contribution is 2.34. The van der Waals surface area contributed by atoms with Gasteiger partial charge in [0.1, 0.15) is 0 Å². The van der Waals surface area contributed by atoms with Crippen LogP contribution in [0.4, 0.5) is 5.13 Å². The zero-order valence-corrected chi connectivity index (χ0v) is 12.2. The Bertz CT molecular complexity index is 723. The number of benzene rings is 1. The minimum absolute atomic E-state index is 0.0813. The summed E-state index contributed by atoms with van der Waals surface area (Å²) in [6, 6.07) is 4.14. The van der Waals surface area contributed by atoms with Crippen molar-refractivity contribution in [1.29, 1.82) is 0 Å². The molecule has 0 bridgehead atoms. The average Bonchev–Trinajstić information content (AvgIpc) is 2.92. The van der Waals surface area contributed by atoms with Gasteiger partial charge in [0.25, 0.3) is 0 Å². The third-order valence-electron chi connectivity index (χ3n) is 3.58. The molecule has 0 aliphatic carbocycles. The Morgan fingerprint density at radius 2 is 2.20 bits per heavy atom. The van der Waals surface area contributed by atoms with Crippen molar-refractivity contribution in [3.63, 3.8) is 0 Å². The van der Waals surface area contributed by atoms with Crippen LogP contribution < -0.4 is 10.6 Å². The summed E-state index contributed by atoms with van der Waals surface area (Å²) in [6.45, 7) is 4.39. The van der Waals surface area contributed by atoms with Gasteiger partial charge in [-0.05, 0) is 31.0 Å². The summed E-state index contributed by atoms with van der Waals surface area (Å²) in [5.41, 5.74) is 8.48. The second-order valence-corrected chi connectivity index (χ2v) is 6.24. The number of hydrogen-bond acceptors (Lipinski definition) is 4. The van der Waals surface area contributed by atoms with Gasteiger partial charge in [-0.15, -0.1) is 0 Å². The van der Waals surface area contributed by atoms with Crippen LogP contribution in [0.3, 0.4) is 0 Å². The van der Waals surface area contributed by atoms with Crippen LogP contribution >= 0.6 is 11.3 Å². The normalized spacial score (nSPS) is 19.0. The van der Waals surface area contributed by atoms with Crippen molar-refractivity contribution < 1.29 is 9.59 Å². The highest BCUT2D eigenvalue weighted by atomic mass is 32.1. The molecular formula is C14H15N3O2S. The molecule has 20 heavy (non-hydrogen) atoms. The van der Waals surface area contributed by atoms with E-state index in [-0.39, 0.29) is 12.3 Å². The van der Waals surface area contributed by atoms with Crippen LogP contribution in [0.5, 0.6) is 0 Å². The quantitative estimate of drug-likeness (QED) is 0.915. The Kier molecular flexibility index (Phi) is 2.97. The highest BCUT2D eigenvalue weighted by Gasteiger charge is 2.35. The number of rotatable bonds is 2. The molecule has 1 aliphatic heterocycles. The molecule has 1 unspecified atom stereocenters. The Morgan fingerprint density at radius 3 is 2.85 bits per heavy atom. The SMILES string of the molecule is Cc1cc(C)c2nc(N3CC(C(N)=O)CC3=O)sc2c1. The molecule has 6 heteroatoms. The number of anilines is 1. The summed E-state index contributed by atoms with van der Waals surface area (Å²) < 4.78 is 1.06. The van der Waals surface area contributed by atoms with Crippen molar-refractivity contribution in [3.8, 4) is 0 Å². The van der Waals surface area contributed by atoms with Gasteiger partial charge in [-0.25, -0.2) is 4.98 Å². The van der Waals surface area contributed by atoms with Crippen molar-refractivity contribution in [1.82, 2.24) is 4.98 Å². The van der Waals surface area contributed by atoms with E-state index in [1.165, 1.54) is 16.9 Å². The molecule has 0 saturated carbocycles. The van der Waals surface area contributed by atoms with Gasteiger partial charge >= 0.3 is 0 Å². The number of fused-ring (bicyclic) bond motifs is 1. The van der Waals surface area contributed by atoms with Gasteiger partial charge in [0.05, 0.1) is 16.1 Å². The minimum Gasteiger partial charge on any atom is -0.369 e. The first-order valence-corrected chi connectivity index (χ1v) is 7.25. The van der Waals surface area contributed by atoms with Crippen LogP contribution in [0, 0.1) is 19.8 Å². The fourth-order valence-electron chi connectivity index (χ4n) is 2.56. The van der Waals surface area contributed by atoms with Gasteiger partial charge < -0.3 is 5.73 Å². The number of nitrogens with zero attached hydrogens (tertiary/aromatic N) is 2. The number of aromatic nitrogens is 1. The number of primary amides is 1. The molecule has 1 aliphatic rings. The predicted molar refractivity (Wildman–Crippen MR) is 78.7 cm³/mol. The molecule has 2 heterocycles. The first kappa shape index (κ1) is 13.1. The minimum atomic E-state index is -0.422. The molecule has 104 valence electrons. The molecule has 0 radical (unpaired) electrons. The molecule has 1 aromatic carbocycles. The lowest BCUT2D eigenvalue weighted by molar-refractivity contribution is -0.123. The van der Waals surface area contributed by atoms with Crippen LogP contribution in [-0.4, -0.2) is 23.3 Å². The smallest absolute Gasteiger partial charge is 0.229 e. The number of thiazole rings is 1. The van der Waals surface area contributed by atoms with Gasteiger partial charge in [0, 0.05) is 13.0 Å². The number of hydrogen-bond donors (Lipinski definition) is 1. The van der Waals surface area contributed by atoms with Crippen LogP contribution in [0.15, 0.2) is 12.1 Å². The standard InChI is InChI=1S/C14H15N3O2S/c1-7-3-8(2)12-10(4-7)20-14(16-12)17-6-9(13(15)19)5-11(17)18/h3-4,9H,5-6H2,1-2H3,(H2,15,19). The lowest BCUT2D eigenvalue weighted by Crippen LogP contribution is -2.28. The van der Waals surface area contributed by atoms with Gasteiger partial charge in [0.15, 0.2) is 5.13 Å². The second-order valence-electron chi connectivity index (χ2n) is 5.23. The molecule has 2 N–H and O–H groups in total. The molecule has 1 aromatic heterocycles. The van der Waals surface area contributed by atoms with E-state index in [2.05, 4.69) is 17.1 Å². The number of nitrogens with two attached hydrogens (primary N) is 1. The van der Waals surface area contributed by atoms with Crippen molar-refractivity contribution in [2.75, 3.05) is 11.4 Å². The lowest BCUT2D eigenvalue weighted by atomic mass is 10.1. The first-order valence-electron chi connectivity index (χ1n) is 6.43. The Labute approximate surface area is 120 Å². The Morgan fingerprint density at radius 1 is 1.45 bits per heavy atom. The van der Waals surface area contributed by atoms with E-state index >= 15 is 0 Å². The number of carbonyl (C=O) groups excluding carboxylic acids is 2. The van der Waals surface area contributed by atoms with Crippen molar-refractivity contribution in [3.05, 3.63) is 23.3 Å². The van der Waals surface area contributed by atoms with Crippen molar-refractivity contribution in [2.45, 2.75) is 20.3 Å². The summed E-state index contributed by atoms with van der Waals surface area (Å²) in [6.07, 6.45) is 0.184. The molecule has 3 rings (SSSR count). The van der Waals surface area contributed by atoms with Crippen molar-refractivity contribution in [2.24, 2.45) is 11.7 Å². The summed E-state index contributed by atoms with van der Waals surface area (Å²) in [5.74, 6) is -0.909. The monoisotopic (exact) mass is 289 g/mol. The number of aryl methyl sites for hydroxylation is 2. The second kappa shape index (κ2) is 4.56. The van der Waals surface area contributed by atoms with E-state index in [1.807, 2.05) is 13.8 Å². The molecule has 2 aromatic rings. The average molecular weight is 289 g/mol. The lowest BCUT2D eigenvalue weighted by Gasteiger charge is -2.11. The van der Waals surface area contributed by atoms with Gasteiger partial charge in [0.2, 0.25) is 11.8 Å². The predicted octanol–water partition coefficient (Wildman–Crippen LogP) is 1.75. The van der Waals surface area contributed by atoms with Crippen molar-refractivity contribution >= 4 is 38.5 Å². The third kappa shape index (κ3) is 2.06. The van der Waals surface area contributed by atoms with E-state index in [9.17, 15) is 9.59 Å². The summed E-state index contributed by atoms with van der Waals surface area (Å²) in [4.78, 5) is 29.4. The van der Waals surface area contributed by atoms with Crippen LogP contribution in [0.2, 0.25) is 0 Å². The van der Waals surface area contributed by atoms with Crippen LogP contribution in [-0.2, 0) is 9.59 Å².